The molecule has 3 rings (SSSR count). The van der Waals surface area contributed by atoms with Crippen molar-refractivity contribution in [1.82, 2.24) is 4.98 Å². The molecule has 0 saturated carbocycles. The molecule has 7 heteroatoms. The summed E-state index contributed by atoms with van der Waals surface area (Å²) in [5.74, 6) is -0.0872. The number of aromatic nitrogens is 1. The van der Waals surface area contributed by atoms with Crippen molar-refractivity contribution in [1.29, 1.82) is 0 Å². The number of pyridine rings is 1. The Kier molecular flexibility index (Phi) is 7.13. The number of carbonyl (C=O) groups excluding carboxylic acids is 2. The molecular weight excluding hydrogens is 382 g/mol. The van der Waals surface area contributed by atoms with Crippen LogP contribution in [0.15, 0.2) is 66.9 Å². The second-order valence-corrected chi connectivity index (χ2v) is 6.53. The fourth-order valence-electron chi connectivity index (χ4n) is 2.65. The summed E-state index contributed by atoms with van der Waals surface area (Å²) < 4.78 is 10.3. The van der Waals surface area contributed by atoms with Crippen LogP contribution in [0.4, 0.5) is 11.4 Å². The Labute approximate surface area is 175 Å². The van der Waals surface area contributed by atoms with E-state index in [1.165, 1.54) is 6.20 Å². The van der Waals surface area contributed by atoms with Gasteiger partial charge in [-0.05, 0) is 42.8 Å². The number of amides is 2. The molecule has 0 atom stereocenters. The van der Waals surface area contributed by atoms with E-state index in [4.69, 9.17) is 9.47 Å². The summed E-state index contributed by atoms with van der Waals surface area (Å²) in [6, 6.07) is 17.4. The van der Waals surface area contributed by atoms with Gasteiger partial charge in [0.25, 0.3) is 11.8 Å². The minimum absolute atomic E-state index is 0.232. The van der Waals surface area contributed by atoms with Gasteiger partial charge < -0.3 is 20.1 Å². The lowest BCUT2D eigenvalue weighted by atomic mass is 10.1. The molecule has 3 aromatic rings. The third-order valence-electron chi connectivity index (χ3n) is 4.32. The van der Waals surface area contributed by atoms with Crippen LogP contribution in [0, 0.1) is 6.92 Å². The SMILES string of the molecule is COCCOc1ccc(NC(=O)c2ccc(C)c(NC(=O)c3ccccc3)c2)cn1. The molecule has 2 amide bonds. The number of nitrogens with zero attached hydrogens (tertiary/aromatic N) is 1. The molecule has 2 N–H and O–H groups in total. The van der Waals surface area contributed by atoms with Crippen molar-refractivity contribution in [3.63, 3.8) is 0 Å². The Morgan fingerprint density at radius 3 is 2.37 bits per heavy atom. The lowest BCUT2D eigenvalue weighted by Gasteiger charge is -2.11. The number of ether oxygens (including phenoxy) is 2. The monoisotopic (exact) mass is 405 g/mol. The summed E-state index contributed by atoms with van der Waals surface area (Å²) in [4.78, 5) is 29.2. The number of aryl methyl sites for hydroxylation is 1. The molecule has 7 nitrogen and oxygen atoms in total. The van der Waals surface area contributed by atoms with Crippen molar-refractivity contribution in [3.05, 3.63) is 83.6 Å². The molecule has 1 heterocycles. The van der Waals surface area contributed by atoms with Gasteiger partial charge in [0.15, 0.2) is 0 Å². The first-order valence-electron chi connectivity index (χ1n) is 9.43. The fraction of sp³-hybridized carbons (Fsp3) is 0.174. The van der Waals surface area contributed by atoms with Gasteiger partial charge in [0.05, 0.1) is 18.5 Å². The molecule has 0 unspecified atom stereocenters. The molecular formula is C23H23N3O4. The Balaban J connectivity index is 1.66. The van der Waals surface area contributed by atoms with E-state index in [1.807, 2.05) is 13.0 Å². The van der Waals surface area contributed by atoms with Gasteiger partial charge in [-0.15, -0.1) is 0 Å². The average Bonchev–Trinajstić information content (AvgIpc) is 2.77. The number of carbonyl (C=O) groups is 2. The first-order valence-corrected chi connectivity index (χ1v) is 9.43. The number of anilines is 2. The number of nitrogens with one attached hydrogen (secondary N) is 2. The van der Waals surface area contributed by atoms with Crippen LogP contribution in [0.2, 0.25) is 0 Å². The van der Waals surface area contributed by atoms with Crippen molar-refractivity contribution in [2.45, 2.75) is 6.92 Å². The molecule has 0 aliphatic rings. The van der Waals surface area contributed by atoms with Gasteiger partial charge in [-0.3, -0.25) is 9.59 Å². The molecule has 0 fully saturated rings. The van der Waals surface area contributed by atoms with Crippen molar-refractivity contribution < 1.29 is 19.1 Å². The lowest BCUT2D eigenvalue weighted by molar-refractivity contribution is 0.101. The maximum absolute atomic E-state index is 12.6. The number of methoxy groups -OCH3 is 1. The van der Waals surface area contributed by atoms with Crippen molar-refractivity contribution in [2.24, 2.45) is 0 Å². The van der Waals surface area contributed by atoms with Crippen LogP contribution in [0.3, 0.4) is 0 Å². The van der Waals surface area contributed by atoms with E-state index in [-0.39, 0.29) is 11.8 Å². The first kappa shape index (κ1) is 21.0. The van der Waals surface area contributed by atoms with E-state index in [9.17, 15) is 9.59 Å². The largest absolute Gasteiger partial charge is 0.475 e. The van der Waals surface area contributed by atoms with Crippen molar-refractivity contribution in [2.75, 3.05) is 31.0 Å². The zero-order valence-corrected chi connectivity index (χ0v) is 16.8. The highest BCUT2D eigenvalue weighted by molar-refractivity contribution is 6.07. The molecule has 0 aliphatic heterocycles. The van der Waals surface area contributed by atoms with Gasteiger partial charge in [-0.1, -0.05) is 24.3 Å². The second kappa shape index (κ2) is 10.2. The summed E-state index contributed by atoms with van der Waals surface area (Å²) in [6.07, 6.45) is 1.52. The van der Waals surface area contributed by atoms with E-state index in [2.05, 4.69) is 15.6 Å². The van der Waals surface area contributed by atoms with E-state index in [0.29, 0.717) is 41.6 Å². The Morgan fingerprint density at radius 2 is 1.67 bits per heavy atom. The second-order valence-electron chi connectivity index (χ2n) is 6.53. The Bertz CT molecular complexity index is 1000. The van der Waals surface area contributed by atoms with Crippen LogP contribution < -0.4 is 15.4 Å². The molecule has 0 saturated heterocycles. The van der Waals surface area contributed by atoms with Gasteiger partial charge in [0.1, 0.15) is 6.61 Å². The first-order chi connectivity index (χ1) is 14.6. The van der Waals surface area contributed by atoms with Crippen LogP contribution >= 0.6 is 0 Å². The van der Waals surface area contributed by atoms with Crippen LogP contribution in [0.1, 0.15) is 26.3 Å². The summed E-state index contributed by atoms with van der Waals surface area (Å²) in [6.45, 7) is 2.74. The maximum atomic E-state index is 12.6. The minimum atomic E-state index is -0.305. The van der Waals surface area contributed by atoms with Gasteiger partial charge in [-0.25, -0.2) is 4.98 Å². The molecule has 0 bridgehead atoms. The van der Waals surface area contributed by atoms with Crippen LogP contribution in [-0.4, -0.2) is 37.1 Å². The van der Waals surface area contributed by atoms with Gasteiger partial charge in [0, 0.05) is 30.0 Å². The summed E-state index contributed by atoms with van der Waals surface area (Å²) in [5, 5.41) is 5.65. The lowest BCUT2D eigenvalue weighted by Crippen LogP contribution is -2.15. The molecule has 0 radical (unpaired) electrons. The van der Waals surface area contributed by atoms with Gasteiger partial charge in [-0.2, -0.15) is 0 Å². The third kappa shape index (κ3) is 5.65. The highest BCUT2D eigenvalue weighted by atomic mass is 16.5. The Hall–Kier alpha value is -3.71. The molecule has 30 heavy (non-hydrogen) atoms. The third-order valence-corrected chi connectivity index (χ3v) is 4.32. The summed E-state index contributed by atoms with van der Waals surface area (Å²) in [7, 11) is 1.60. The average molecular weight is 405 g/mol. The highest BCUT2D eigenvalue weighted by Gasteiger charge is 2.12. The fourth-order valence-corrected chi connectivity index (χ4v) is 2.65. The molecule has 154 valence electrons. The molecule has 0 spiro atoms. The number of rotatable bonds is 8. The van der Waals surface area contributed by atoms with E-state index in [0.717, 1.165) is 5.56 Å². The predicted molar refractivity (Wildman–Crippen MR) is 115 cm³/mol. The van der Waals surface area contributed by atoms with Crippen LogP contribution in [0.25, 0.3) is 0 Å². The van der Waals surface area contributed by atoms with Gasteiger partial charge in [0.2, 0.25) is 5.88 Å². The van der Waals surface area contributed by atoms with Crippen molar-refractivity contribution >= 4 is 23.2 Å². The number of hydrogen-bond donors (Lipinski definition) is 2. The number of benzene rings is 2. The zero-order valence-electron chi connectivity index (χ0n) is 16.8. The van der Waals surface area contributed by atoms with E-state index >= 15 is 0 Å². The van der Waals surface area contributed by atoms with E-state index in [1.54, 1.807) is 61.7 Å². The predicted octanol–water partition coefficient (Wildman–Crippen LogP) is 3.92. The van der Waals surface area contributed by atoms with Crippen LogP contribution in [-0.2, 0) is 4.74 Å². The summed E-state index contributed by atoms with van der Waals surface area (Å²) >= 11 is 0. The quantitative estimate of drug-likeness (QED) is 0.555. The zero-order chi connectivity index (χ0) is 21.3. The topological polar surface area (TPSA) is 89.5 Å². The number of hydrogen-bond acceptors (Lipinski definition) is 5. The molecule has 1 aromatic heterocycles. The van der Waals surface area contributed by atoms with Gasteiger partial charge >= 0.3 is 0 Å². The summed E-state index contributed by atoms with van der Waals surface area (Å²) in [5.41, 5.74) is 2.94. The molecule has 0 aliphatic carbocycles. The minimum Gasteiger partial charge on any atom is -0.475 e. The van der Waals surface area contributed by atoms with E-state index < -0.39 is 0 Å². The normalized spacial score (nSPS) is 10.3. The maximum Gasteiger partial charge on any atom is 0.255 e. The Morgan fingerprint density at radius 1 is 0.900 bits per heavy atom. The highest BCUT2D eigenvalue weighted by Crippen LogP contribution is 2.20. The molecule has 2 aromatic carbocycles. The van der Waals surface area contributed by atoms with Crippen LogP contribution in [0.5, 0.6) is 5.88 Å². The van der Waals surface area contributed by atoms with Crippen molar-refractivity contribution in [3.8, 4) is 5.88 Å². The standard InChI is InChI=1S/C23H23N3O4/c1-16-8-9-18(14-20(16)26-22(27)17-6-4-3-5-7-17)23(28)25-19-10-11-21(24-15-19)30-13-12-29-2/h3-11,14-15H,12-13H2,1-2H3,(H,25,28)(H,26,27). The smallest absolute Gasteiger partial charge is 0.255 e.